The molecular weight excluding hydrogens is 514 g/mol. The largest absolute Gasteiger partial charge is 0.464 e. The molecule has 0 spiro atoms. The number of halogens is 1. The zero-order chi connectivity index (χ0) is 26.8. The van der Waals surface area contributed by atoms with Crippen molar-refractivity contribution < 1.29 is 28.3 Å². The van der Waals surface area contributed by atoms with Crippen LogP contribution in [-0.2, 0) is 14.3 Å². The Balaban J connectivity index is 1.39. The summed E-state index contributed by atoms with van der Waals surface area (Å²) < 4.78 is 10.5. The van der Waals surface area contributed by atoms with Gasteiger partial charge in [0.1, 0.15) is 22.7 Å². The number of nitrogens with one attached hydrogen (secondary N) is 2. The minimum atomic E-state index is -0.670. The van der Waals surface area contributed by atoms with Crippen LogP contribution in [-0.4, -0.2) is 58.3 Å². The number of aromatic nitrogens is 2. The minimum Gasteiger partial charge on any atom is -0.464 e. The third-order valence-electron chi connectivity index (χ3n) is 6.97. The minimum absolute atomic E-state index is 0.00147. The van der Waals surface area contributed by atoms with E-state index in [0.717, 1.165) is 25.8 Å². The highest BCUT2D eigenvalue weighted by atomic mass is 35.5. The number of likely N-dealkylation sites (tertiary alicyclic amines) is 1. The van der Waals surface area contributed by atoms with E-state index < -0.39 is 11.9 Å². The van der Waals surface area contributed by atoms with Gasteiger partial charge in [0.15, 0.2) is 5.58 Å². The molecule has 11 nitrogen and oxygen atoms in total. The highest BCUT2D eigenvalue weighted by molar-refractivity contribution is 6.30. The summed E-state index contributed by atoms with van der Waals surface area (Å²) in [6.45, 7) is 0.774. The van der Waals surface area contributed by atoms with Gasteiger partial charge in [-0.2, -0.15) is 0 Å². The van der Waals surface area contributed by atoms with Crippen molar-refractivity contribution in [3.05, 3.63) is 46.9 Å². The van der Waals surface area contributed by atoms with Gasteiger partial charge in [-0.3, -0.25) is 14.4 Å². The van der Waals surface area contributed by atoms with E-state index in [0.29, 0.717) is 24.3 Å². The first-order valence-electron chi connectivity index (χ1n) is 12.4. The molecule has 3 amide bonds. The highest BCUT2D eigenvalue weighted by Gasteiger charge is 2.34. The first-order chi connectivity index (χ1) is 18.3. The monoisotopic (exact) mass is 539 g/mol. The maximum absolute atomic E-state index is 13.3. The summed E-state index contributed by atoms with van der Waals surface area (Å²) in [5.74, 6) is -1.71. The molecule has 1 aliphatic carbocycles. The molecule has 2 aliphatic rings. The van der Waals surface area contributed by atoms with Gasteiger partial charge >= 0.3 is 5.97 Å². The summed E-state index contributed by atoms with van der Waals surface area (Å²) in [6.07, 6.45) is 5.52. The lowest BCUT2D eigenvalue weighted by atomic mass is 9.84. The van der Waals surface area contributed by atoms with Crippen LogP contribution in [0.5, 0.6) is 0 Å². The standard InChI is InChI=1S/C26H26ClN5O6/c1-37-26(36)17-9-10-18-21(29-17)22(23(38-18)25(35)30-19-11-6-15(27)13-28-19)31-24(34)14-4-7-16(8-5-14)32-12-2-3-20(32)33/h6,9-11,13-14,16H,2-5,7-8,12H2,1H3,(H,31,34)(H,28,30,35)/t14-,16-. The molecule has 0 atom stereocenters. The number of carbonyl (C=O) groups is 4. The predicted molar refractivity (Wildman–Crippen MR) is 138 cm³/mol. The zero-order valence-electron chi connectivity index (χ0n) is 20.7. The normalized spacial score (nSPS) is 19.4. The van der Waals surface area contributed by atoms with Crippen molar-refractivity contribution in [2.75, 3.05) is 24.3 Å². The number of ether oxygens (including phenoxy) is 1. The molecule has 1 saturated carbocycles. The second-order valence-electron chi connectivity index (χ2n) is 9.34. The van der Waals surface area contributed by atoms with Gasteiger partial charge in [-0.15, -0.1) is 0 Å². The molecule has 2 N–H and O–H groups in total. The number of anilines is 2. The fourth-order valence-corrected chi connectivity index (χ4v) is 5.14. The van der Waals surface area contributed by atoms with Crippen LogP contribution in [0.15, 0.2) is 34.9 Å². The van der Waals surface area contributed by atoms with Crippen LogP contribution in [0.4, 0.5) is 11.5 Å². The number of methoxy groups -OCH3 is 1. The second-order valence-corrected chi connectivity index (χ2v) is 9.78. The predicted octanol–water partition coefficient (Wildman–Crippen LogP) is 4.03. The van der Waals surface area contributed by atoms with E-state index >= 15 is 0 Å². The Labute approximate surface area is 222 Å². The first kappa shape index (κ1) is 25.7. The molecule has 38 heavy (non-hydrogen) atoms. The molecule has 0 bridgehead atoms. The van der Waals surface area contributed by atoms with E-state index in [1.165, 1.54) is 31.5 Å². The van der Waals surface area contributed by atoms with Crippen molar-refractivity contribution in [1.82, 2.24) is 14.9 Å². The quantitative estimate of drug-likeness (QED) is 0.447. The third kappa shape index (κ3) is 5.19. The van der Waals surface area contributed by atoms with Gasteiger partial charge in [0, 0.05) is 31.1 Å². The van der Waals surface area contributed by atoms with E-state index in [9.17, 15) is 19.2 Å². The number of hydrogen-bond donors (Lipinski definition) is 2. The maximum Gasteiger partial charge on any atom is 0.356 e. The lowest BCUT2D eigenvalue weighted by Gasteiger charge is -2.34. The molecule has 1 aliphatic heterocycles. The summed E-state index contributed by atoms with van der Waals surface area (Å²) >= 11 is 5.87. The zero-order valence-corrected chi connectivity index (χ0v) is 21.4. The molecule has 2 fully saturated rings. The molecule has 12 heteroatoms. The van der Waals surface area contributed by atoms with Gasteiger partial charge in [0.05, 0.1) is 12.1 Å². The smallest absolute Gasteiger partial charge is 0.356 e. The Morgan fingerprint density at radius 2 is 1.89 bits per heavy atom. The molecular formula is C26H26ClN5O6. The lowest BCUT2D eigenvalue weighted by molar-refractivity contribution is -0.130. The number of carbonyl (C=O) groups excluding carboxylic acids is 4. The Hall–Kier alpha value is -3.99. The van der Waals surface area contributed by atoms with Crippen molar-refractivity contribution in [3.63, 3.8) is 0 Å². The molecule has 5 rings (SSSR count). The van der Waals surface area contributed by atoms with E-state index in [4.69, 9.17) is 20.8 Å². The molecule has 1 saturated heterocycles. The van der Waals surface area contributed by atoms with Gasteiger partial charge in [-0.05, 0) is 56.4 Å². The Morgan fingerprint density at radius 3 is 2.55 bits per heavy atom. The summed E-state index contributed by atoms with van der Waals surface area (Å²) in [5, 5.41) is 5.85. The number of rotatable bonds is 6. The van der Waals surface area contributed by atoms with E-state index in [2.05, 4.69) is 20.6 Å². The maximum atomic E-state index is 13.3. The number of hydrogen-bond acceptors (Lipinski definition) is 8. The second kappa shape index (κ2) is 10.8. The number of amides is 3. The molecule has 4 heterocycles. The van der Waals surface area contributed by atoms with Crippen molar-refractivity contribution >= 4 is 57.9 Å². The van der Waals surface area contributed by atoms with Gasteiger partial charge in [0.25, 0.3) is 5.91 Å². The number of furan rings is 1. The Kier molecular flexibility index (Phi) is 7.28. The van der Waals surface area contributed by atoms with Crippen LogP contribution in [0.3, 0.4) is 0 Å². The number of pyridine rings is 2. The van der Waals surface area contributed by atoms with E-state index in [1.807, 2.05) is 4.90 Å². The molecule has 3 aromatic rings. The summed E-state index contributed by atoms with van der Waals surface area (Å²) in [7, 11) is 1.23. The van der Waals surface area contributed by atoms with Crippen LogP contribution < -0.4 is 10.6 Å². The van der Waals surface area contributed by atoms with E-state index in [1.54, 1.807) is 6.07 Å². The SMILES string of the molecule is COC(=O)c1ccc2oc(C(=O)Nc3ccc(Cl)cn3)c(NC(=O)[C@H]3CC[C@H](N4CCCC4=O)CC3)c2n1. The first-order valence-corrected chi connectivity index (χ1v) is 12.8. The van der Waals surface area contributed by atoms with Gasteiger partial charge < -0.3 is 24.7 Å². The fourth-order valence-electron chi connectivity index (χ4n) is 5.02. The van der Waals surface area contributed by atoms with Crippen molar-refractivity contribution in [3.8, 4) is 0 Å². The van der Waals surface area contributed by atoms with Crippen molar-refractivity contribution in [2.24, 2.45) is 5.92 Å². The number of nitrogens with zero attached hydrogens (tertiary/aromatic N) is 3. The average molecular weight is 540 g/mol. The number of fused-ring (bicyclic) bond motifs is 1. The summed E-state index contributed by atoms with van der Waals surface area (Å²) in [4.78, 5) is 61.0. The Bertz CT molecular complexity index is 1400. The molecule has 0 unspecified atom stereocenters. The Morgan fingerprint density at radius 1 is 1.11 bits per heavy atom. The number of esters is 1. The summed E-state index contributed by atoms with van der Waals surface area (Å²) in [5.41, 5.74) is 0.405. The molecule has 3 aromatic heterocycles. The van der Waals surface area contributed by atoms with Crippen LogP contribution in [0.1, 0.15) is 59.6 Å². The topological polar surface area (TPSA) is 144 Å². The average Bonchev–Trinajstić information content (AvgIpc) is 3.52. The van der Waals surface area contributed by atoms with Crippen LogP contribution in [0.25, 0.3) is 11.1 Å². The van der Waals surface area contributed by atoms with E-state index in [-0.39, 0.29) is 57.8 Å². The summed E-state index contributed by atoms with van der Waals surface area (Å²) in [6, 6.07) is 6.15. The van der Waals surface area contributed by atoms with Crippen LogP contribution in [0.2, 0.25) is 5.02 Å². The molecule has 198 valence electrons. The van der Waals surface area contributed by atoms with Crippen LogP contribution in [0, 0.1) is 5.92 Å². The van der Waals surface area contributed by atoms with Crippen LogP contribution >= 0.6 is 11.6 Å². The van der Waals surface area contributed by atoms with Crippen molar-refractivity contribution in [2.45, 2.75) is 44.6 Å². The van der Waals surface area contributed by atoms with Gasteiger partial charge in [-0.25, -0.2) is 14.8 Å². The highest BCUT2D eigenvalue weighted by Crippen LogP contribution is 2.34. The fraction of sp³-hybridized carbons (Fsp3) is 0.385. The van der Waals surface area contributed by atoms with Crippen molar-refractivity contribution in [1.29, 1.82) is 0 Å². The molecule has 0 radical (unpaired) electrons. The van der Waals surface area contributed by atoms with Gasteiger partial charge in [-0.1, -0.05) is 11.6 Å². The van der Waals surface area contributed by atoms with Gasteiger partial charge in [0.2, 0.25) is 17.6 Å². The molecule has 0 aromatic carbocycles. The lowest BCUT2D eigenvalue weighted by Crippen LogP contribution is -2.40. The third-order valence-corrected chi connectivity index (χ3v) is 7.19.